The van der Waals surface area contributed by atoms with E-state index in [-0.39, 0.29) is 18.4 Å². The van der Waals surface area contributed by atoms with Crippen molar-refractivity contribution < 1.29 is 12.9 Å². The molecule has 3 rings (SSSR count). The van der Waals surface area contributed by atoms with Gasteiger partial charge < -0.3 is 9.09 Å². The summed E-state index contributed by atoms with van der Waals surface area (Å²) in [5, 5.41) is 3.89. The monoisotopic (exact) mass is 383 g/mol. The highest BCUT2D eigenvalue weighted by atomic mass is 32.2. The maximum atomic E-state index is 13.1. The Morgan fingerprint density at radius 1 is 1.27 bits per heavy atom. The molecule has 3 heterocycles. The summed E-state index contributed by atoms with van der Waals surface area (Å²) in [6.45, 7) is 4.05. The van der Waals surface area contributed by atoms with E-state index in [2.05, 4.69) is 10.1 Å². The summed E-state index contributed by atoms with van der Waals surface area (Å²) in [5.41, 5.74) is -1.45. The van der Waals surface area contributed by atoms with Crippen LogP contribution in [0.15, 0.2) is 25.2 Å². The molecule has 0 bridgehead atoms. The van der Waals surface area contributed by atoms with Crippen LogP contribution in [-0.4, -0.2) is 38.5 Å². The quantitative estimate of drug-likeness (QED) is 0.735. The fourth-order valence-electron chi connectivity index (χ4n) is 2.97. The highest BCUT2D eigenvalue weighted by Crippen LogP contribution is 2.35. The molecule has 26 heavy (non-hydrogen) atoms. The molecular weight excluding hydrogens is 362 g/mol. The second kappa shape index (κ2) is 6.47. The van der Waals surface area contributed by atoms with E-state index >= 15 is 0 Å². The minimum atomic E-state index is -4.13. The number of sulfonamides is 1. The van der Waals surface area contributed by atoms with E-state index < -0.39 is 32.2 Å². The third kappa shape index (κ3) is 2.90. The standard InChI is InChI=1S/C15H21N5O5S/c1-9(2)12-16-13(25-17-12)10-6-5-7-20(10)26(23,24)11-8-18(3)15(22)19(4)14(11)21/h8-10H,5-7H2,1-4H3/t10-/m0/s1. The van der Waals surface area contributed by atoms with Crippen molar-refractivity contribution in [2.75, 3.05) is 6.54 Å². The molecule has 11 heteroatoms. The smallest absolute Gasteiger partial charge is 0.330 e. The van der Waals surface area contributed by atoms with Gasteiger partial charge in [-0.25, -0.2) is 13.2 Å². The second-order valence-corrected chi connectivity index (χ2v) is 8.53. The summed E-state index contributed by atoms with van der Waals surface area (Å²) < 4.78 is 34.5. The van der Waals surface area contributed by atoms with Crippen LogP contribution in [0.2, 0.25) is 0 Å². The normalized spacial score (nSPS) is 18.7. The molecule has 10 nitrogen and oxygen atoms in total. The maximum Gasteiger partial charge on any atom is 0.330 e. The van der Waals surface area contributed by atoms with E-state index in [0.717, 1.165) is 15.3 Å². The predicted octanol–water partition coefficient (Wildman–Crippen LogP) is 0.116. The summed E-state index contributed by atoms with van der Waals surface area (Å²) in [5.74, 6) is 0.772. The average Bonchev–Trinajstić information content (AvgIpc) is 3.24. The first-order chi connectivity index (χ1) is 12.1. The molecule has 0 aliphatic carbocycles. The van der Waals surface area contributed by atoms with Crippen LogP contribution in [0.25, 0.3) is 0 Å². The lowest BCUT2D eigenvalue weighted by Gasteiger charge is -2.21. The second-order valence-electron chi connectivity index (χ2n) is 6.67. The predicted molar refractivity (Wildman–Crippen MR) is 91.2 cm³/mol. The van der Waals surface area contributed by atoms with Gasteiger partial charge in [-0.2, -0.15) is 9.29 Å². The molecule has 1 aliphatic heterocycles. The van der Waals surface area contributed by atoms with Crippen molar-refractivity contribution in [3.8, 4) is 0 Å². The van der Waals surface area contributed by atoms with Gasteiger partial charge in [0, 0.05) is 32.8 Å². The Bertz CT molecular complexity index is 1050. The molecule has 1 saturated heterocycles. The molecule has 0 radical (unpaired) electrons. The number of aromatic nitrogens is 4. The van der Waals surface area contributed by atoms with Crippen LogP contribution >= 0.6 is 0 Å². The lowest BCUT2D eigenvalue weighted by atomic mass is 10.2. The summed E-state index contributed by atoms with van der Waals surface area (Å²) >= 11 is 0. The zero-order chi connectivity index (χ0) is 19.2. The van der Waals surface area contributed by atoms with E-state index in [9.17, 15) is 18.0 Å². The minimum Gasteiger partial charge on any atom is -0.338 e. The molecule has 1 atom stereocenters. The van der Waals surface area contributed by atoms with Crippen LogP contribution < -0.4 is 11.2 Å². The van der Waals surface area contributed by atoms with E-state index in [1.807, 2.05) is 13.8 Å². The van der Waals surface area contributed by atoms with Gasteiger partial charge in [-0.1, -0.05) is 19.0 Å². The molecule has 0 N–H and O–H groups in total. The topological polar surface area (TPSA) is 120 Å². The van der Waals surface area contributed by atoms with Crippen molar-refractivity contribution in [1.82, 2.24) is 23.6 Å². The van der Waals surface area contributed by atoms with Crippen LogP contribution in [0.4, 0.5) is 0 Å². The van der Waals surface area contributed by atoms with Gasteiger partial charge >= 0.3 is 5.69 Å². The van der Waals surface area contributed by atoms with Crippen molar-refractivity contribution >= 4 is 10.0 Å². The largest absolute Gasteiger partial charge is 0.338 e. The van der Waals surface area contributed by atoms with Crippen LogP contribution in [0.5, 0.6) is 0 Å². The summed E-state index contributed by atoms with van der Waals surface area (Å²) in [4.78, 5) is 28.1. The molecule has 2 aromatic heterocycles. The van der Waals surface area contributed by atoms with Gasteiger partial charge in [0.25, 0.3) is 15.6 Å². The van der Waals surface area contributed by atoms with Crippen molar-refractivity contribution in [2.45, 2.75) is 43.5 Å². The Balaban J connectivity index is 2.06. The Kier molecular flexibility index (Phi) is 4.61. The summed E-state index contributed by atoms with van der Waals surface area (Å²) in [7, 11) is -1.48. The first-order valence-corrected chi connectivity index (χ1v) is 9.70. The molecular formula is C15H21N5O5S. The van der Waals surface area contributed by atoms with Gasteiger partial charge in [-0.05, 0) is 12.8 Å². The number of hydrogen-bond donors (Lipinski definition) is 0. The van der Waals surface area contributed by atoms with E-state index in [1.165, 1.54) is 18.4 Å². The molecule has 0 unspecified atom stereocenters. The zero-order valence-corrected chi connectivity index (χ0v) is 15.9. The maximum absolute atomic E-state index is 13.1. The average molecular weight is 383 g/mol. The van der Waals surface area contributed by atoms with Gasteiger partial charge in [-0.15, -0.1) is 0 Å². The lowest BCUT2D eigenvalue weighted by Crippen LogP contribution is -2.42. The Morgan fingerprint density at radius 2 is 1.96 bits per heavy atom. The van der Waals surface area contributed by atoms with Gasteiger partial charge in [0.2, 0.25) is 5.89 Å². The lowest BCUT2D eigenvalue weighted by molar-refractivity contribution is 0.288. The molecule has 0 saturated carbocycles. The van der Waals surface area contributed by atoms with Gasteiger partial charge in [0.1, 0.15) is 6.04 Å². The van der Waals surface area contributed by atoms with Crippen molar-refractivity contribution in [2.24, 2.45) is 14.1 Å². The van der Waals surface area contributed by atoms with Crippen LogP contribution in [0.1, 0.15) is 50.4 Å². The minimum absolute atomic E-state index is 0.0508. The van der Waals surface area contributed by atoms with Crippen molar-refractivity contribution in [3.63, 3.8) is 0 Å². The highest BCUT2D eigenvalue weighted by Gasteiger charge is 2.41. The molecule has 1 aliphatic rings. The SMILES string of the molecule is CC(C)c1noc([C@@H]2CCCN2S(=O)(=O)c2cn(C)c(=O)n(C)c2=O)n1. The summed E-state index contributed by atoms with van der Waals surface area (Å²) in [6.07, 6.45) is 2.18. The van der Waals surface area contributed by atoms with Crippen LogP contribution in [0, 0.1) is 0 Å². The number of nitrogens with zero attached hydrogens (tertiary/aromatic N) is 5. The van der Waals surface area contributed by atoms with Crippen LogP contribution in [-0.2, 0) is 24.1 Å². The first kappa shape index (κ1) is 18.5. The van der Waals surface area contributed by atoms with Gasteiger partial charge in [0.15, 0.2) is 10.7 Å². The molecule has 0 spiro atoms. The fourth-order valence-corrected chi connectivity index (χ4v) is 4.77. The van der Waals surface area contributed by atoms with E-state index in [1.54, 1.807) is 0 Å². The van der Waals surface area contributed by atoms with Crippen LogP contribution in [0.3, 0.4) is 0 Å². The van der Waals surface area contributed by atoms with E-state index in [0.29, 0.717) is 18.7 Å². The van der Waals surface area contributed by atoms with Gasteiger partial charge in [0.05, 0.1) is 0 Å². The Hall–Kier alpha value is -2.27. The number of aryl methyl sites for hydroxylation is 1. The number of hydrogen-bond acceptors (Lipinski definition) is 7. The molecule has 1 fully saturated rings. The number of rotatable bonds is 4. The van der Waals surface area contributed by atoms with Crippen molar-refractivity contribution in [1.29, 1.82) is 0 Å². The highest BCUT2D eigenvalue weighted by molar-refractivity contribution is 7.89. The van der Waals surface area contributed by atoms with E-state index in [4.69, 9.17) is 4.52 Å². The third-order valence-corrected chi connectivity index (χ3v) is 6.35. The molecule has 142 valence electrons. The third-order valence-electron chi connectivity index (χ3n) is 4.46. The molecule has 0 amide bonds. The Labute approximate surface area is 150 Å². The molecule has 0 aromatic carbocycles. The zero-order valence-electron chi connectivity index (χ0n) is 15.0. The fraction of sp³-hybridized carbons (Fsp3) is 0.600. The first-order valence-electron chi connectivity index (χ1n) is 8.26. The molecule has 2 aromatic rings. The Morgan fingerprint density at radius 3 is 2.58 bits per heavy atom. The van der Waals surface area contributed by atoms with Crippen molar-refractivity contribution in [3.05, 3.63) is 38.8 Å². The van der Waals surface area contributed by atoms with Gasteiger partial charge in [-0.3, -0.25) is 9.36 Å². The summed E-state index contributed by atoms with van der Waals surface area (Å²) in [6, 6.07) is -0.623.